The highest BCUT2D eigenvalue weighted by Gasteiger charge is 2.24. The zero-order chi connectivity index (χ0) is 14.8. The van der Waals surface area contributed by atoms with E-state index >= 15 is 0 Å². The minimum atomic E-state index is -0.339. The summed E-state index contributed by atoms with van der Waals surface area (Å²) < 4.78 is 7.24. The zero-order valence-electron chi connectivity index (χ0n) is 12.0. The molecule has 0 fully saturated rings. The number of benzene rings is 1. The molecular formula is C15H18N4O2. The van der Waals surface area contributed by atoms with Gasteiger partial charge in [-0.3, -0.25) is 0 Å². The molecule has 1 aromatic carbocycles. The highest BCUT2D eigenvalue weighted by Crippen LogP contribution is 2.31. The lowest BCUT2D eigenvalue weighted by atomic mass is 10.1. The van der Waals surface area contributed by atoms with Gasteiger partial charge in [-0.1, -0.05) is 6.07 Å². The third kappa shape index (κ3) is 2.44. The molecule has 1 aromatic heterocycles. The highest BCUT2D eigenvalue weighted by atomic mass is 16.5. The molecule has 6 nitrogen and oxygen atoms in total. The number of para-hydroxylation sites is 1. The maximum atomic E-state index is 12.1. The van der Waals surface area contributed by atoms with Gasteiger partial charge in [-0.05, 0) is 19.1 Å². The first-order chi connectivity index (χ1) is 10.2. The van der Waals surface area contributed by atoms with Crippen molar-refractivity contribution in [2.24, 2.45) is 0 Å². The Bertz CT molecular complexity index is 665. The molecule has 0 spiro atoms. The summed E-state index contributed by atoms with van der Waals surface area (Å²) in [7, 11) is 0. The van der Waals surface area contributed by atoms with Crippen molar-refractivity contribution in [2.75, 3.05) is 23.8 Å². The number of nitrogen functional groups attached to an aromatic ring is 1. The molecule has 0 atom stereocenters. The Morgan fingerprint density at radius 1 is 1.43 bits per heavy atom. The van der Waals surface area contributed by atoms with Crippen LogP contribution in [0.4, 0.5) is 11.4 Å². The molecule has 1 aliphatic heterocycles. The fraction of sp³-hybridized carbons (Fsp3) is 0.333. The average Bonchev–Trinajstić information content (AvgIpc) is 2.94. The Kier molecular flexibility index (Phi) is 3.51. The molecule has 0 unspecified atom stereocenters. The first kappa shape index (κ1) is 13.5. The quantitative estimate of drug-likeness (QED) is 0.686. The summed E-state index contributed by atoms with van der Waals surface area (Å²) in [6, 6.07) is 5.33. The summed E-state index contributed by atoms with van der Waals surface area (Å²) in [5.74, 6) is 0.632. The van der Waals surface area contributed by atoms with Crippen LogP contribution in [0, 0.1) is 0 Å². The van der Waals surface area contributed by atoms with Crippen LogP contribution in [0.1, 0.15) is 23.1 Å². The van der Waals surface area contributed by atoms with E-state index in [9.17, 15) is 4.79 Å². The van der Waals surface area contributed by atoms with Gasteiger partial charge in [-0.25, -0.2) is 9.78 Å². The van der Waals surface area contributed by atoms with E-state index in [1.165, 1.54) is 0 Å². The Hall–Kier alpha value is -2.50. The Morgan fingerprint density at radius 3 is 3.10 bits per heavy atom. The van der Waals surface area contributed by atoms with E-state index in [2.05, 4.69) is 14.5 Å². The number of nitrogens with two attached hydrogens (primary N) is 1. The number of esters is 1. The van der Waals surface area contributed by atoms with E-state index in [1.54, 1.807) is 31.3 Å². The van der Waals surface area contributed by atoms with Crippen LogP contribution in [0.3, 0.4) is 0 Å². The molecule has 6 heteroatoms. The maximum Gasteiger partial charge on any atom is 0.340 e. The number of hydrogen-bond acceptors (Lipinski definition) is 5. The smallest absolute Gasteiger partial charge is 0.340 e. The summed E-state index contributed by atoms with van der Waals surface area (Å²) in [6.07, 6.45) is 3.76. The number of imidazole rings is 1. The summed E-state index contributed by atoms with van der Waals surface area (Å²) in [5, 5.41) is 0. The van der Waals surface area contributed by atoms with Gasteiger partial charge in [-0.15, -0.1) is 0 Å². The summed E-state index contributed by atoms with van der Waals surface area (Å²) in [4.78, 5) is 18.6. The molecule has 21 heavy (non-hydrogen) atoms. The van der Waals surface area contributed by atoms with Crippen LogP contribution in [0.25, 0.3) is 0 Å². The van der Waals surface area contributed by atoms with Crippen molar-refractivity contribution in [1.29, 1.82) is 0 Å². The van der Waals surface area contributed by atoms with Crippen molar-refractivity contribution < 1.29 is 9.53 Å². The Balaban J connectivity index is 1.97. The summed E-state index contributed by atoms with van der Waals surface area (Å²) in [6.45, 7) is 4.38. The van der Waals surface area contributed by atoms with Crippen LogP contribution in [0.15, 0.2) is 30.6 Å². The Morgan fingerprint density at radius 2 is 2.29 bits per heavy atom. The highest BCUT2D eigenvalue weighted by molar-refractivity contribution is 5.99. The molecule has 2 N–H and O–H groups in total. The van der Waals surface area contributed by atoms with Crippen molar-refractivity contribution in [1.82, 2.24) is 9.55 Å². The number of rotatable bonds is 3. The SMILES string of the molecule is CCOC(=O)c1cccc(N)c1N1CCn2ccnc2C1. The second-order valence-corrected chi connectivity index (χ2v) is 4.92. The van der Waals surface area contributed by atoms with E-state index < -0.39 is 0 Å². The third-order valence-corrected chi connectivity index (χ3v) is 3.62. The molecule has 0 saturated carbocycles. The molecule has 2 aromatic rings. The summed E-state index contributed by atoms with van der Waals surface area (Å²) >= 11 is 0. The lowest BCUT2D eigenvalue weighted by molar-refractivity contribution is 0.0527. The number of hydrogen-bond donors (Lipinski definition) is 1. The minimum absolute atomic E-state index is 0.339. The van der Waals surface area contributed by atoms with Crippen molar-refractivity contribution in [3.8, 4) is 0 Å². The minimum Gasteiger partial charge on any atom is -0.462 e. The average molecular weight is 286 g/mol. The van der Waals surface area contributed by atoms with Crippen molar-refractivity contribution in [3.63, 3.8) is 0 Å². The molecule has 0 aliphatic carbocycles. The Labute approximate surface area is 123 Å². The van der Waals surface area contributed by atoms with E-state index in [4.69, 9.17) is 10.5 Å². The molecule has 0 amide bonds. The molecule has 2 heterocycles. The van der Waals surface area contributed by atoms with Crippen LogP contribution >= 0.6 is 0 Å². The van der Waals surface area contributed by atoms with Crippen LogP contribution in [-0.4, -0.2) is 28.7 Å². The predicted octanol–water partition coefficient (Wildman–Crippen LogP) is 1.66. The van der Waals surface area contributed by atoms with Gasteiger partial charge in [0.1, 0.15) is 5.82 Å². The van der Waals surface area contributed by atoms with Gasteiger partial charge < -0.3 is 19.9 Å². The number of ether oxygens (including phenoxy) is 1. The van der Waals surface area contributed by atoms with Gasteiger partial charge >= 0.3 is 5.97 Å². The number of aromatic nitrogens is 2. The van der Waals surface area contributed by atoms with Gasteiger partial charge in [0.25, 0.3) is 0 Å². The zero-order valence-corrected chi connectivity index (χ0v) is 12.0. The van der Waals surface area contributed by atoms with Crippen molar-refractivity contribution >= 4 is 17.3 Å². The first-order valence-corrected chi connectivity index (χ1v) is 7.01. The van der Waals surface area contributed by atoms with Gasteiger partial charge in [0.05, 0.1) is 30.1 Å². The van der Waals surface area contributed by atoms with E-state index in [0.717, 1.165) is 24.6 Å². The number of fused-ring (bicyclic) bond motifs is 1. The summed E-state index contributed by atoms with van der Waals surface area (Å²) in [5.41, 5.74) is 7.94. The number of carbonyl (C=O) groups is 1. The third-order valence-electron chi connectivity index (χ3n) is 3.62. The van der Waals surface area contributed by atoms with E-state index in [0.29, 0.717) is 24.4 Å². The standard InChI is InChI=1S/C15H18N4O2/c1-2-21-15(20)11-4-3-5-12(16)14(11)19-9-8-18-7-6-17-13(18)10-19/h3-7H,2,8-10,16H2,1H3. The number of nitrogens with zero attached hydrogens (tertiary/aromatic N) is 3. The van der Waals surface area contributed by atoms with Crippen LogP contribution < -0.4 is 10.6 Å². The van der Waals surface area contributed by atoms with Gasteiger partial charge in [0.2, 0.25) is 0 Å². The monoisotopic (exact) mass is 286 g/mol. The largest absolute Gasteiger partial charge is 0.462 e. The van der Waals surface area contributed by atoms with Crippen molar-refractivity contribution in [2.45, 2.75) is 20.0 Å². The van der Waals surface area contributed by atoms with Crippen LogP contribution in [-0.2, 0) is 17.8 Å². The molecular weight excluding hydrogens is 268 g/mol. The van der Waals surface area contributed by atoms with Crippen LogP contribution in [0.5, 0.6) is 0 Å². The second kappa shape index (κ2) is 5.47. The first-order valence-electron chi connectivity index (χ1n) is 7.01. The molecule has 0 bridgehead atoms. The fourth-order valence-corrected chi connectivity index (χ4v) is 2.65. The topological polar surface area (TPSA) is 73.4 Å². The molecule has 3 rings (SSSR count). The molecule has 1 aliphatic rings. The fourth-order valence-electron chi connectivity index (χ4n) is 2.65. The lowest BCUT2D eigenvalue weighted by Gasteiger charge is -2.31. The normalized spacial score (nSPS) is 13.9. The lowest BCUT2D eigenvalue weighted by Crippen LogP contribution is -2.35. The van der Waals surface area contributed by atoms with Gasteiger partial charge in [0.15, 0.2) is 0 Å². The molecule has 110 valence electrons. The van der Waals surface area contributed by atoms with Crippen LogP contribution in [0.2, 0.25) is 0 Å². The maximum absolute atomic E-state index is 12.1. The number of carbonyl (C=O) groups excluding carboxylic acids is 1. The molecule has 0 saturated heterocycles. The van der Waals surface area contributed by atoms with E-state index in [1.807, 2.05) is 6.20 Å². The van der Waals surface area contributed by atoms with Crippen molar-refractivity contribution in [3.05, 3.63) is 42.0 Å². The predicted molar refractivity (Wildman–Crippen MR) is 80.1 cm³/mol. The van der Waals surface area contributed by atoms with Gasteiger partial charge in [0, 0.05) is 25.5 Å². The van der Waals surface area contributed by atoms with E-state index in [-0.39, 0.29) is 5.97 Å². The molecule has 0 radical (unpaired) electrons. The second-order valence-electron chi connectivity index (χ2n) is 4.92. The number of anilines is 2. The van der Waals surface area contributed by atoms with Gasteiger partial charge in [-0.2, -0.15) is 0 Å².